The molecule has 3 rings (SSSR count). The summed E-state index contributed by atoms with van der Waals surface area (Å²) in [7, 11) is 0. The molecule has 1 saturated heterocycles. The number of rotatable bonds is 8. The first-order valence-electron chi connectivity index (χ1n) is 8.72. The summed E-state index contributed by atoms with van der Waals surface area (Å²) in [4.78, 5) is 18.8. The molecule has 5 nitrogen and oxygen atoms in total. The molecule has 0 spiro atoms. The molecule has 1 aromatic carbocycles. The predicted molar refractivity (Wildman–Crippen MR) is 97.4 cm³/mol. The van der Waals surface area contributed by atoms with Crippen LogP contribution in [0.25, 0.3) is 10.2 Å². The van der Waals surface area contributed by atoms with Gasteiger partial charge in [0.1, 0.15) is 0 Å². The third kappa shape index (κ3) is 5.26. The Morgan fingerprint density at radius 2 is 2.08 bits per heavy atom. The molecule has 1 aliphatic rings. The zero-order chi connectivity index (χ0) is 16.6. The normalized spacial score (nSPS) is 15.7. The molecule has 0 atom stereocenters. The number of amides is 1. The van der Waals surface area contributed by atoms with Gasteiger partial charge in [0, 0.05) is 32.6 Å². The SMILES string of the molecule is O=C(CCCCc1nc2ccccc2s1)NCCN1CCOCC1. The van der Waals surface area contributed by atoms with Gasteiger partial charge < -0.3 is 10.1 Å². The van der Waals surface area contributed by atoms with Crippen LogP contribution < -0.4 is 5.32 Å². The number of nitrogens with zero attached hydrogens (tertiary/aromatic N) is 2. The molecular weight excluding hydrogens is 322 g/mol. The van der Waals surface area contributed by atoms with E-state index in [0.29, 0.717) is 6.42 Å². The van der Waals surface area contributed by atoms with E-state index in [2.05, 4.69) is 27.3 Å². The van der Waals surface area contributed by atoms with Gasteiger partial charge >= 0.3 is 0 Å². The molecule has 0 radical (unpaired) electrons. The fraction of sp³-hybridized carbons (Fsp3) is 0.556. The van der Waals surface area contributed by atoms with E-state index in [4.69, 9.17) is 4.74 Å². The summed E-state index contributed by atoms with van der Waals surface area (Å²) in [5.74, 6) is 0.160. The van der Waals surface area contributed by atoms with Crippen LogP contribution in [-0.2, 0) is 16.0 Å². The molecule has 6 heteroatoms. The van der Waals surface area contributed by atoms with Crippen molar-refractivity contribution in [2.24, 2.45) is 0 Å². The van der Waals surface area contributed by atoms with Gasteiger partial charge in [-0.25, -0.2) is 4.98 Å². The highest BCUT2D eigenvalue weighted by Gasteiger charge is 2.10. The fourth-order valence-electron chi connectivity index (χ4n) is 2.86. The Kier molecular flexibility index (Phi) is 6.57. The third-order valence-corrected chi connectivity index (χ3v) is 5.33. The standard InChI is InChI=1S/C18H25N3O2S/c22-17(19-9-10-21-11-13-23-14-12-21)7-3-4-8-18-20-15-5-1-2-6-16(15)24-18/h1-2,5-6H,3-4,7-14H2,(H,19,22). The minimum Gasteiger partial charge on any atom is -0.379 e. The molecule has 24 heavy (non-hydrogen) atoms. The fourth-order valence-corrected chi connectivity index (χ4v) is 3.86. The maximum absolute atomic E-state index is 11.9. The Hall–Kier alpha value is -1.50. The number of nitrogens with one attached hydrogen (secondary N) is 1. The van der Waals surface area contributed by atoms with Crippen LogP contribution in [0.1, 0.15) is 24.3 Å². The van der Waals surface area contributed by atoms with Crippen molar-refractivity contribution in [3.05, 3.63) is 29.3 Å². The van der Waals surface area contributed by atoms with Crippen LogP contribution in [0.3, 0.4) is 0 Å². The lowest BCUT2D eigenvalue weighted by atomic mass is 10.2. The lowest BCUT2D eigenvalue weighted by Gasteiger charge is -2.26. The predicted octanol–water partition coefficient (Wildman–Crippen LogP) is 2.46. The Balaban J connectivity index is 1.27. The van der Waals surface area contributed by atoms with Gasteiger partial charge in [-0.15, -0.1) is 11.3 Å². The van der Waals surface area contributed by atoms with Crippen LogP contribution in [0.4, 0.5) is 0 Å². The first kappa shape index (κ1) is 17.3. The van der Waals surface area contributed by atoms with Crippen molar-refractivity contribution < 1.29 is 9.53 Å². The summed E-state index contributed by atoms with van der Waals surface area (Å²) in [5, 5.41) is 4.19. The van der Waals surface area contributed by atoms with Gasteiger partial charge in [-0.2, -0.15) is 0 Å². The molecule has 1 N–H and O–H groups in total. The van der Waals surface area contributed by atoms with Crippen molar-refractivity contribution in [1.29, 1.82) is 0 Å². The van der Waals surface area contributed by atoms with E-state index in [1.54, 1.807) is 11.3 Å². The largest absolute Gasteiger partial charge is 0.379 e. The quantitative estimate of drug-likeness (QED) is 0.745. The third-order valence-electron chi connectivity index (χ3n) is 4.24. The van der Waals surface area contributed by atoms with E-state index in [1.165, 1.54) is 9.71 Å². The number of unbranched alkanes of at least 4 members (excludes halogenated alkanes) is 1. The summed E-state index contributed by atoms with van der Waals surface area (Å²) in [6, 6.07) is 8.23. The zero-order valence-electron chi connectivity index (χ0n) is 14.0. The molecule has 0 unspecified atom stereocenters. The average Bonchev–Trinajstić information content (AvgIpc) is 3.02. The van der Waals surface area contributed by atoms with Gasteiger partial charge in [0.2, 0.25) is 5.91 Å². The van der Waals surface area contributed by atoms with Crippen LogP contribution in [0.15, 0.2) is 24.3 Å². The summed E-state index contributed by atoms with van der Waals surface area (Å²) < 4.78 is 6.56. The number of ether oxygens (including phenoxy) is 1. The van der Waals surface area contributed by atoms with Crippen molar-refractivity contribution in [2.75, 3.05) is 39.4 Å². The summed E-state index contributed by atoms with van der Waals surface area (Å²) in [6.45, 7) is 5.20. The number of hydrogen-bond donors (Lipinski definition) is 1. The second-order valence-electron chi connectivity index (χ2n) is 6.09. The summed E-state index contributed by atoms with van der Waals surface area (Å²) >= 11 is 1.76. The highest BCUT2D eigenvalue weighted by atomic mass is 32.1. The molecule has 0 aliphatic carbocycles. The number of benzene rings is 1. The Morgan fingerprint density at radius 3 is 2.92 bits per heavy atom. The number of carbonyl (C=O) groups is 1. The highest BCUT2D eigenvalue weighted by Crippen LogP contribution is 2.22. The number of morpholine rings is 1. The van der Waals surface area contributed by atoms with Crippen molar-refractivity contribution in [1.82, 2.24) is 15.2 Å². The lowest BCUT2D eigenvalue weighted by Crippen LogP contribution is -2.41. The first-order valence-corrected chi connectivity index (χ1v) is 9.54. The molecule has 0 bridgehead atoms. The Bertz CT molecular complexity index is 620. The van der Waals surface area contributed by atoms with E-state index in [9.17, 15) is 4.79 Å². The molecule has 1 aromatic heterocycles. The Morgan fingerprint density at radius 1 is 1.25 bits per heavy atom. The number of aromatic nitrogens is 1. The number of fused-ring (bicyclic) bond motifs is 1. The molecular formula is C18H25N3O2S. The van der Waals surface area contributed by atoms with E-state index >= 15 is 0 Å². The number of para-hydroxylation sites is 1. The van der Waals surface area contributed by atoms with E-state index in [0.717, 1.165) is 64.2 Å². The zero-order valence-corrected chi connectivity index (χ0v) is 14.8. The van der Waals surface area contributed by atoms with Crippen molar-refractivity contribution in [2.45, 2.75) is 25.7 Å². The number of thiazole rings is 1. The van der Waals surface area contributed by atoms with Crippen LogP contribution in [0.2, 0.25) is 0 Å². The van der Waals surface area contributed by atoms with Gasteiger partial charge in [-0.1, -0.05) is 12.1 Å². The number of aryl methyl sites for hydroxylation is 1. The van der Waals surface area contributed by atoms with Gasteiger partial charge in [-0.05, 0) is 31.4 Å². The van der Waals surface area contributed by atoms with E-state index in [-0.39, 0.29) is 5.91 Å². The molecule has 1 aliphatic heterocycles. The van der Waals surface area contributed by atoms with Gasteiger partial charge in [-0.3, -0.25) is 9.69 Å². The van der Waals surface area contributed by atoms with Gasteiger partial charge in [0.05, 0.1) is 28.4 Å². The Labute approximate surface area is 147 Å². The molecule has 1 amide bonds. The minimum absolute atomic E-state index is 0.160. The average molecular weight is 347 g/mol. The van der Waals surface area contributed by atoms with Gasteiger partial charge in [0.25, 0.3) is 0 Å². The molecule has 0 saturated carbocycles. The topological polar surface area (TPSA) is 54.5 Å². The van der Waals surface area contributed by atoms with Gasteiger partial charge in [0.15, 0.2) is 0 Å². The maximum Gasteiger partial charge on any atom is 0.220 e. The summed E-state index contributed by atoms with van der Waals surface area (Å²) in [5.41, 5.74) is 1.08. The lowest BCUT2D eigenvalue weighted by molar-refractivity contribution is -0.121. The minimum atomic E-state index is 0.160. The maximum atomic E-state index is 11.9. The van der Waals surface area contributed by atoms with Crippen LogP contribution in [-0.4, -0.2) is 55.2 Å². The van der Waals surface area contributed by atoms with E-state index < -0.39 is 0 Å². The molecule has 2 heterocycles. The number of carbonyl (C=O) groups excluding carboxylic acids is 1. The first-order chi connectivity index (χ1) is 11.8. The highest BCUT2D eigenvalue weighted by molar-refractivity contribution is 7.18. The summed E-state index contributed by atoms with van der Waals surface area (Å²) in [6.07, 6.45) is 3.49. The van der Waals surface area contributed by atoms with Crippen molar-refractivity contribution in [3.63, 3.8) is 0 Å². The van der Waals surface area contributed by atoms with Crippen molar-refractivity contribution in [3.8, 4) is 0 Å². The van der Waals surface area contributed by atoms with E-state index in [1.807, 2.05) is 12.1 Å². The smallest absolute Gasteiger partial charge is 0.220 e. The van der Waals surface area contributed by atoms with Crippen LogP contribution >= 0.6 is 11.3 Å². The second kappa shape index (κ2) is 9.11. The van der Waals surface area contributed by atoms with Crippen LogP contribution in [0, 0.1) is 0 Å². The molecule has 130 valence electrons. The monoisotopic (exact) mass is 347 g/mol. The molecule has 2 aromatic rings. The second-order valence-corrected chi connectivity index (χ2v) is 7.20. The number of hydrogen-bond acceptors (Lipinski definition) is 5. The molecule has 1 fully saturated rings. The van der Waals surface area contributed by atoms with Crippen molar-refractivity contribution >= 4 is 27.5 Å². The van der Waals surface area contributed by atoms with Crippen LogP contribution in [0.5, 0.6) is 0 Å².